The molecule has 0 bridgehead atoms. The number of hydrogen-bond acceptors (Lipinski definition) is 1. The summed E-state index contributed by atoms with van der Waals surface area (Å²) in [7, 11) is 0. The molecule has 2 rings (SSSR count). The Morgan fingerprint density at radius 3 is 2.37 bits per heavy atom. The maximum Gasteiger partial charge on any atom is 0.0459 e. The second-order valence-electron chi connectivity index (χ2n) is 5.72. The van der Waals surface area contributed by atoms with Crippen molar-refractivity contribution in [3.05, 3.63) is 33.8 Å². The van der Waals surface area contributed by atoms with Gasteiger partial charge in [-0.2, -0.15) is 0 Å². The lowest BCUT2D eigenvalue weighted by molar-refractivity contribution is 0.129. The predicted octanol–water partition coefficient (Wildman–Crippen LogP) is 5.05. The Kier molecular flexibility index (Phi) is 5.16. The Labute approximate surface area is 126 Å². The van der Waals surface area contributed by atoms with E-state index in [4.69, 9.17) is 23.2 Å². The largest absolute Gasteiger partial charge is 0.316 e. The molecule has 0 aliphatic heterocycles. The SMILES string of the molecule is CCCC1CC(CNCC)(c2c(Cl)cccc2Cl)C1. The highest BCUT2D eigenvalue weighted by Crippen LogP contribution is 2.52. The van der Waals surface area contributed by atoms with E-state index in [9.17, 15) is 0 Å². The molecule has 1 aromatic carbocycles. The maximum atomic E-state index is 6.42. The lowest BCUT2D eigenvalue weighted by Gasteiger charge is -2.49. The summed E-state index contributed by atoms with van der Waals surface area (Å²) in [5, 5.41) is 5.13. The van der Waals surface area contributed by atoms with Crippen LogP contribution in [0.3, 0.4) is 0 Å². The lowest BCUT2D eigenvalue weighted by atomic mass is 9.57. The molecule has 1 aromatic rings. The summed E-state index contributed by atoms with van der Waals surface area (Å²) >= 11 is 12.8. The van der Waals surface area contributed by atoms with Gasteiger partial charge >= 0.3 is 0 Å². The summed E-state index contributed by atoms with van der Waals surface area (Å²) < 4.78 is 0. The minimum absolute atomic E-state index is 0.144. The molecule has 1 fully saturated rings. The Morgan fingerprint density at radius 1 is 1.21 bits per heavy atom. The van der Waals surface area contributed by atoms with E-state index in [1.165, 1.54) is 25.7 Å². The molecular weight excluding hydrogens is 277 g/mol. The molecule has 1 aliphatic rings. The van der Waals surface area contributed by atoms with Gasteiger partial charge in [-0.3, -0.25) is 0 Å². The first-order valence-corrected chi connectivity index (χ1v) is 8.03. The fraction of sp³-hybridized carbons (Fsp3) is 0.625. The van der Waals surface area contributed by atoms with Crippen molar-refractivity contribution in [1.29, 1.82) is 0 Å². The van der Waals surface area contributed by atoms with Gasteiger partial charge in [0.2, 0.25) is 0 Å². The van der Waals surface area contributed by atoms with E-state index in [-0.39, 0.29) is 5.41 Å². The van der Waals surface area contributed by atoms with Gasteiger partial charge < -0.3 is 5.32 Å². The summed E-state index contributed by atoms with van der Waals surface area (Å²) in [6, 6.07) is 5.85. The molecule has 19 heavy (non-hydrogen) atoms. The topological polar surface area (TPSA) is 12.0 Å². The summed E-state index contributed by atoms with van der Waals surface area (Å²) in [6.07, 6.45) is 4.99. The molecule has 0 heterocycles. The molecule has 0 radical (unpaired) electrons. The van der Waals surface area contributed by atoms with E-state index in [0.29, 0.717) is 0 Å². The monoisotopic (exact) mass is 299 g/mol. The van der Waals surface area contributed by atoms with Gasteiger partial charge in [0.25, 0.3) is 0 Å². The van der Waals surface area contributed by atoms with Gasteiger partial charge in [-0.1, -0.05) is 56.0 Å². The molecule has 0 atom stereocenters. The Balaban J connectivity index is 2.24. The highest BCUT2D eigenvalue weighted by atomic mass is 35.5. The number of benzene rings is 1. The molecule has 0 unspecified atom stereocenters. The summed E-state index contributed by atoms with van der Waals surface area (Å²) in [6.45, 7) is 6.37. The fourth-order valence-corrected chi connectivity index (χ4v) is 4.26. The van der Waals surface area contributed by atoms with Gasteiger partial charge in [0.1, 0.15) is 0 Å². The second-order valence-corrected chi connectivity index (χ2v) is 6.53. The zero-order valence-corrected chi connectivity index (χ0v) is 13.3. The third-order valence-electron chi connectivity index (χ3n) is 4.26. The van der Waals surface area contributed by atoms with Crippen LogP contribution in [0.4, 0.5) is 0 Å². The number of rotatable bonds is 6. The van der Waals surface area contributed by atoms with Gasteiger partial charge in [0.05, 0.1) is 0 Å². The van der Waals surface area contributed by atoms with E-state index < -0.39 is 0 Å². The molecule has 1 aliphatic carbocycles. The lowest BCUT2D eigenvalue weighted by Crippen LogP contribution is -2.49. The predicted molar refractivity (Wildman–Crippen MR) is 84.3 cm³/mol. The molecule has 1 N–H and O–H groups in total. The van der Waals surface area contributed by atoms with Crippen LogP contribution in [0, 0.1) is 5.92 Å². The highest BCUT2D eigenvalue weighted by molar-refractivity contribution is 6.36. The molecule has 1 saturated carbocycles. The van der Waals surface area contributed by atoms with E-state index in [0.717, 1.165) is 34.6 Å². The molecule has 3 heteroatoms. The van der Waals surface area contributed by atoms with Crippen molar-refractivity contribution in [3.63, 3.8) is 0 Å². The van der Waals surface area contributed by atoms with E-state index in [2.05, 4.69) is 19.2 Å². The van der Waals surface area contributed by atoms with Crippen LogP contribution in [-0.4, -0.2) is 13.1 Å². The van der Waals surface area contributed by atoms with Crippen LogP contribution in [-0.2, 0) is 5.41 Å². The van der Waals surface area contributed by atoms with Crippen molar-refractivity contribution in [2.45, 2.75) is 44.9 Å². The molecular formula is C16H23Cl2N. The van der Waals surface area contributed by atoms with Crippen LogP contribution in [0.1, 0.15) is 45.1 Å². The molecule has 106 valence electrons. The van der Waals surface area contributed by atoms with Gasteiger partial charge in [0, 0.05) is 22.0 Å². The highest BCUT2D eigenvalue weighted by Gasteiger charge is 2.46. The normalized spacial score (nSPS) is 26.2. The third-order valence-corrected chi connectivity index (χ3v) is 4.89. The molecule has 0 aromatic heterocycles. The van der Waals surface area contributed by atoms with E-state index >= 15 is 0 Å². The summed E-state index contributed by atoms with van der Waals surface area (Å²) in [4.78, 5) is 0. The Hall–Kier alpha value is -0.240. The number of hydrogen-bond donors (Lipinski definition) is 1. The van der Waals surface area contributed by atoms with Crippen molar-refractivity contribution < 1.29 is 0 Å². The minimum Gasteiger partial charge on any atom is -0.316 e. The number of halogens is 2. The van der Waals surface area contributed by atoms with E-state index in [1.54, 1.807) is 0 Å². The van der Waals surface area contributed by atoms with Crippen LogP contribution >= 0.6 is 23.2 Å². The van der Waals surface area contributed by atoms with Gasteiger partial charge in [-0.15, -0.1) is 0 Å². The van der Waals surface area contributed by atoms with Crippen molar-refractivity contribution in [3.8, 4) is 0 Å². The number of likely N-dealkylation sites (N-methyl/N-ethyl adjacent to an activating group) is 1. The molecule has 0 amide bonds. The standard InChI is InChI=1S/C16H23Cl2N/c1-3-6-12-9-16(10-12,11-19-4-2)15-13(17)7-5-8-14(15)18/h5,7-8,12,19H,3-4,6,9-11H2,1-2H3. The second kappa shape index (κ2) is 6.47. The minimum atomic E-state index is 0.144. The van der Waals surface area contributed by atoms with E-state index in [1.807, 2.05) is 18.2 Å². The average molecular weight is 300 g/mol. The first-order valence-electron chi connectivity index (χ1n) is 7.28. The average Bonchev–Trinajstić information content (AvgIpc) is 2.33. The molecule has 0 saturated heterocycles. The van der Waals surface area contributed by atoms with Gasteiger partial charge in [0.15, 0.2) is 0 Å². The first kappa shape index (κ1) is 15.2. The fourth-order valence-electron chi connectivity index (χ4n) is 3.46. The zero-order chi connectivity index (χ0) is 13.9. The number of nitrogens with one attached hydrogen (secondary N) is 1. The zero-order valence-electron chi connectivity index (χ0n) is 11.8. The van der Waals surface area contributed by atoms with Gasteiger partial charge in [-0.05, 0) is 43.0 Å². The maximum absolute atomic E-state index is 6.42. The van der Waals surface area contributed by atoms with Crippen LogP contribution in [0.2, 0.25) is 10.0 Å². The quantitative estimate of drug-likeness (QED) is 0.775. The van der Waals surface area contributed by atoms with Crippen molar-refractivity contribution in [2.24, 2.45) is 5.92 Å². The third kappa shape index (κ3) is 3.09. The van der Waals surface area contributed by atoms with Crippen LogP contribution in [0.5, 0.6) is 0 Å². The first-order chi connectivity index (χ1) is 9.13. The molecule has 0 spiro atoms. The Bertz CT molecular complexity index is 405. The van der Waals surface area contributed by atoms with Crippen LogP contribution < -0.4 is 5.32 Å². The van der Waals surface area contributed by atoms with Crippen molar-refractivity contribution in [2.75, 3.05) is 13.1 Å². The van der Waals surface area contributed by atoms with Crippen molar-refractivity contribution in [1.82, 2.24) is 5.32 Å². The van der Waals surface area contributed by atoms with Crippen LogP contribution in [0.25, 0.3) is 0 Å². The molecule has 1 nitrogen and oxygen atoms in total. The smallest absolute Gasteiger partial charge is 0.0459 e. The Morgan fingerprint density at radius 2 is 1.84 bits per heavy atom. The van der Waals surface area contributed by atoms with Crippen LogP contribution in [0.15, 0.2) is 18.2 Å². The van der Waals surface area contributed by atoms with Gasteiger partial charge in [-0.25, -0.2) is 0 Å². The van der Waals surface area contributed by atoms with Crippen molar-refractivity contribution >= 4 is 23.2 Å². The summed E-state index contributed by atoms with van der Waals surface area (Å²) in [5.41, 5.74) is 1.30. The summed E-state index contributed by atoms with van der Waals surface area (Å²) in [5.74, 6) is 0.830.